The number of hydrogen-bond acceptors (Lipinski definition) is 3. The fourth-order valence-electron chi connectivity index (χ4n) is 2.39. The van der Waals surface area contributed by atoms with Crippen LogP contribution in [0.3, 0.4) is 0 Å². The molecule has 0 aliphatic carbocycles. The third-order valence-electron chi connectivity index (χ3n) is 3.83. The maximum absolute atomic E-state index is 13.2. The lowest BCUT2D eigenvalue weighted by Gasteiger charge is -2.09. The Morgan fingerprint density at radius 3 is 2.42 bits per heavy atom. The highest BCUT2D eigenvalue weighted by molar-refractivity contribution is 7.89. The summed E-state index contributed by atoms with van der Waals surface area (Å²) < 4.78 is 40.2. The molecule has 2 N–H and O–H groups in total. The van der Waals surface area contributed by atoms with Crippen molar-refractivity contribution in [3.05, 3.63) is 59.9 Å². The summed E-state index contributed by atoms with van der Waals surface area (Å²) in [5.41, 5.74) is 0.622. The van der Waals surface area contributed by atoms with Gasteiger partial charge in [-0.2, -0.15) is 0 Å². The van der Waals surface area contributed by atoms with Crippen molar-refractivity contribution in [2.24, 2.45) is 0 Å². The number of carbonyl (C=O) groups is 1. The largest absolute Gasteiger partial charge is 0.322 e. The van der Waals surface area contributed by atoms with Crippen molar-refractivity contribution in [3.63, 3.8) is 0 Å². The Kier molecular flexibility index (Phi) is 7.29. The van der Waals surface area contributed by atoms with Crippen LogP contribution >= 0.6 is 0 Å². The lowest BCUT2D eigenvalue weighted by Crippen LogP contribution is -2.24. The maximum Gasteiger partial charge on any atom is 0.255 e. The van der Waals surface area contributed by atoms with Crippen molar-refractivity contribution >= 4 is 21.6 Å². The van der Waals surface area contributed by atoms with E-state index in [0.29, 0.717) is 12.2 Å². The number of carbonyl (C=O) groups excluding carboxylic acids is 1. The Bertz CT molecular complexity index is 836. The third kappa shape index (κ3) is 5.93. The van der Waals surface area contributed by atoms with Crippen LogP contribution in [-0.4, -0.2) is 20.9 Å². The summed E-state index contributed by atoms with van der Waals surface area (Å²) >= 11 is 0. The molecule has 0 atom stereocenters. The summed E-state index contributed by atoms with van der Waals surface area (Å²) in [6.45, 7) is 2.50. The number of rotatable bonds is 9. The lowest BCUT2D eigenvalue weighted by molar-refractivity contribution is 0.102. The van der Waals surface area contributed by atoms with Crippen LogP contribution in [0.5, 0.6) is 0 Å². The van der Waals surface area contributed by atoms with Crippen LogP contribution in [0.4, 0.5) is 10.1 Å². The zero-order chi connectivity index (χ0) is 19.0. The van der Waals surface area contributed by atoms with Gasteiger partial charge in [-0.25, -0.2) is 17.5 Å². The number of halogens is 1. The van der Waals surface area contributed by atoms with Crippen LogP contribution in [0, 0.1) is 5.82 Å². The third-order valence-corrected chi connectivity index (χ3v) is 5.31. The first kappa shape index (κ1) is 20.1. The first-order valence-corrected chi connectivity index (χ1v) is 10.1. The highest BCUT2D eigenvalue weighted by atomic mass is 32.2. The number of benzene rings is 2. The van der Waals surface area contributed by atoms with Gasteiger partial charge in [0, 0.05) is 17.8 Å². The van der Waals surface area contributed by atoms with Crippen LogP contribution in [0.25, 0.3) is 0 Å². The molecule has 2 aromatic rings. The molecule has 0 radical (unpaired) electrons. The van der Waals surface area contributed by atoms with E-state index in [2.05, 4.69) is 17.0 Å². The van der Waals surface area contributed by atoms with Gasteiger partial charge in [0.15, 0.2) is 0 Å². The summed E-state index contributed by atoms with van der Waals surface area (Å²) in [5.74, 6) is -0.960. The molecule has 0 fully saturated rings. The van der Waals surface area contributed by atoms with E-state index in [-0.39, 0.29) is 10.5 Å². The average molecular weight is 378 g/mol. The van der Waals surface area contributed by atoms with Gasteiger partial charge in [-0.1, -0.05) is 32.3 Å². The minimum absolute atomic E-state index is 0.136. The normalized spacial score (nSPS) is 11.3. The van der Waals surface area contributed by atoms with E-state index >= 15 is 0 Å². The number of sulfonamides is 1. The van der Waals surface area contributed by atoms with Gasteiger partial charge in [0.05, 0.1) is 4.90 Å². The molecule has 26 heavy (non-hydrogen) atoms. The second-order valence-electron chi connectivity index (χ2n) is 5.95. The van der Waals surface area contributed by atoms with E-state index in [1.807, 2.05) is 0 Å². The number of anilines is 1. The topological polar surface area (TPSA) is 75.3 Å². The van der Waals surface area contributed by atoms with Crippen LogP contribution in [0.1, 0.15) is 43.0 Å². The number of hydrogen-bond donors (Lipinski definition) is 2. The van der Waals surface area contributed by atoms with Crippen molar-refractivity contribution in [1.29, 1.82) is 0 Å². The summed E-state index contributed by atoms with van der Waals surface area (Å²) in [7, 11) is -3.56. The number of nitrogens with one attached hydrogen (secondary N) is 2. The van der Waals surface area contributed by atoms with Crippen LogP contribution in [0.2, 0.25) is 0 Å². The van der Waals surface area contributed by atoms with E-state index in [0.717, 1.165) is 31.7 Å². The van der Waals surface area contributed by atoms with E-state index in [9.17, 15) is 17.6 Å². The number of amides is 1. The summed E-state index contributed by atoms with van der Waals surface area (Å²) in [4.78, 5) is 12.2. The van der Waals surface area contributed by atoms with Crippen molar-refractivity contribution < 1.29 is 17.6 Å². The Labute approximate surface area is 153 Å². The standard InChI is InChI=1S/C19H23FN2O3S/c1-2-3-4-5-13-21-26(24,25)18-11-9-17(10-12-18)22-19(23)15-7-6-8-16(20)14-15/h6-12,14,21H,2-5,13H2,1H3,(H,22,23). The number of unbranched alkanes of at least 4 members (excludes halogenated alkanes) is 3. The first-order valence-electron chi connectivity index (χ1n) is 8.59. The van der Waals surface area contributed by atoms with Gasteiger partial charge in [0.2, 0.25) is 10.0 Å². The van der Waals surface area contributed by atoms with Crippen molar-refractivity contribution in [2.75, 3.05) is 11.9 Å². The highest BCUT2D eigenvalue weighted by Crippen LogP contribution is 2.15. The van der Waals surface area contributed by atoms with Gasteiger partial charge in [-0.05, 0) is 48.9 Å². The lowest BCUT2D eigenvalue weighted by atomic mass is 10.2. The monoisotopic (exact) mass is 378 g/mol. The Hall–Kier alpha value is -2.25. The molecule has 0 heterocycles. The quantitative estimate of drug-likeness (QED) is 0.649. The molecule has 7 heteroatoms. The van der Waals surface area contributed by atoms with Crippen molar-refractivity contribution in [1.82, 2.24) is 4.72 Å². The smallest absolute Gasteiger partial charge is 0.255 e. The van der Waals surface area contributed by atoms with Gasteiger partial charge in [0.25, 0.3) is 5.91 Å². The minimum Gasteiger partial charge on any atom is -0.322 e. The van der Waals surface area contributed by atoms with Crippen molar-refractivity contribution in [3.8, 4) is 0 Å². The molecule has 0 saturated heterocycles. The molecule has 2 aromatic carbocycles. The van der Waals surface area contributed by atoms with Crippen LogP contribution in [-0.2, 0) is 10.0 Å². The van der Waals surface area contributed by atoms with E-state index < -0.39 is 21.7 Å². The maximum atomic E-state index is 13.2. The molecule has 0 unspecified atom stereocenters. The zero-order valence-corrected chi connectivity index (χ0v) is 15.5. The van der Waals surface area contributed by atoms with E-state index in [1.54, 1.807) is 0 Å². The fourth-order valence-corrected chi connectivity index (χ4v) is 3.47. The molecular weight excluding hydrogens is 355 g/mol. The van der Waals surface area contributed by atoms with Gasteiger partial charge < -0.3 is 5.32 Å². The predicted molar refractivity (Wildman–Crippen MR) is 100 cm³/mol. The Morgan fingerprint density at radius 2 is 1.77 bits per heavy atom. The van der Waals surface area contributed by atoms with Gasteiger partial charge in [0.1, 0.15) is 5.82 Å². The van der Waals surface area contributed by atoms with Crippen LogP contribution < -0.4 is 10.0 Å². The summed E-state index contributed by atoms with van der Waals surface area (Å²) in [6, 6.07) is 11.2. The zero-order valence-electron chi connectivity index (χ0n) is 14.7. The Morgan fingerprint density at radius 1 is 1.04 bits per heavy atom. The molecule has 140 valence electrons. The van der Waals surface area contributed by atoms with Gasteiger partial charge in [-0.3, -0.25) is 4.79 Å². The molecule has 2 rings (SSSR count). The van der Waals surface area contributed by atoms with Gasteiger partial charge >= 0.3 is 0 Å². The SMILES string of the molecule is CCCCCCNS(=O)(=O)c1ccc(NC(=O)c2cccc(F)c2)cc1. The second kappa shape index (κ2) is 9.45. The Balaban J connectivity index is 1.95. The molecule has 0 aliphatic rings. The first-order chi connectivity index (χ1) is 12.4. The fraction of sp³-hybridized carbons (Fsp3) is 0.316. The predicted octanol–water partition coefficient (Wildman–Crippen LogP) is 3.94. The average Bonchev–Trinajstić information content (AvgIpc) is 2.62. The highest BCUT2D eigenvalue weighted by Gasteiger charge is 2.13. The van der Waals surface area contributed by atoms with Crippen LogP contribution in [0.15, 0.2) is 53.4 Å². The summed E-state index contributed by atoms with van der Waals surface area (Å²) in [6.07, 6.45) is 3.97. The molecule has 0 saturated carbocycles. The molecule has 0 aliphatic heterocycles. The molecule has 0 spiro atoms. The summed E-state index contributed by atoms with van der Waals surface area (Å²) in [5, 5.41) is 2.61. The molecule has 5 nitrogen and oxygen atoms in total. The van der Waals surface area contributed by atoms with Gasteiger partial charge in [-0.15, -0.1) is 0 Å². The molecule has 0 bridgehead atoms. The van der Waals surface area contributed by atoms with Crippen molar-refractivity contribution in [2.45, 2.75) is 37.5 Å². The van der Waals surface area contributed by atoms with E-state index in [4.69, 9.17) is 0 Å². The second-order valence-corrected chi connectivity index (χ2v) is 7.71. The molecular formula is C19H23FN2O3S. The molecule has 1 amide bonds. The van der Waals surface area contributed by atoms with E-state index in [1.165, 1.54) is 42.5 Å². The minimum atomic E-state index is -3.56. The molecule has 0 aromatic heterocycles.